The van der Waals surface area contributed by atoms with Gasteiger partial charge in [0.2, 0.25) is 0 Å². The molecule has 0 aliphatic rings. The molecule has 4 nitrogen and oxygen atoms in total. The highest BCUT2D eigenvalue weighted by Crippen LogP contribution is 2.27. The van der Waals surface area contributed by atoms with E-state index >= 15 is 0 Å². The summed E-state index contributed by atoms with van der Waals surface area (Å²) >= 11 is 5.86. The van der Waals surface area contributed by atoms with E-state index < -0.39 is 5.97 Å². The van der Waals surface area contributed by atoms with Gasteiger partial charge in [0.15, 0.2) is 0 Å². The van der Waals surface area contributed by atoms with Gasteiger partial charge in [-0.2, -0.15) is 0 Å². The zero-order valence-electron chi connectivity index (χ0n) is 11.4. The van der Waals surface area contributed by atoms with Gasteiger partial charge < -0.3 is 10.0 Å². The molecule has 1 unspecified atom stereocenters. The lowest BCUT2D eigenvalue weighted by atomic mass is 9.87. The van der Waals surface area contributed by atoms with Crippen molar-refractivity contribution in [2.75, 3.05) is 11.9 Å². The number of hydrogen-bond donors (Lipinski definition) is 1. The standard InChI is InChI=1S/C13H19ClN2O2/c1-8(13(2,3)4)16(5)11-7-9(12(17)18)6-10(14)15-11/h6-8H,1-5H3,(H,17,18). The number of halogens is 1. The van der Waals surface area contributed by atoms with Gasteiger partial charge in [0, 0.05) is 13.1 Å². The molecule has 1 rings (SSSR count). The topological polar surface area (TPSA) is 53.4 Å². The summed E-state index contributed by atoms with van der Waals surface area (Å²) in [4.78, 5) is 17.1. The predicted molar refractivity (Wildman–Crippen MR) is 73.5 cm³/mol. The summed E-state index contributed by atoms with van der Waals surface area (Å²) in [5.41, 5.74) is 0.209. The van der Waals surface area contributed by atoms with Crippen LogP contribution in [0.3, 0.4) is 0 Å². The number of rotatable bonds is 3. The predicted octanol–water partition coefficient (Wildman–Crippen LogP) is 3.30. The molecule has 0 aliphatic heterocycles. The Kier molecular flexibility index (Phi) is 4.22. The van der Waals surface area contributed by atoms with Crippen LogP contribution in [0.1, 0.15) is 38.1 Å². The average Bonchev–Trinajstić information content (AvgIpc) is 2.24. The molecule has 0 radical (unpaired) electrons. The summed E-state index contributed by atoms with van der Waals surface area (Å²) in [5.74, 6) is -0.431. The van der Waals surface area contributed by atoms with Crippen LogP contribution >= 0.6 is 11.6 Å². The van der Waals surface area contributed by atoms with Gasteiger partial charge in [0.25, 0.3) is 0 Å². The highest BCUT2D eigenvalue weighted by atomic mass is 35.5. The molecule has 100 valence electrons. The number of carboxylic acids is 1. The minimum absolute atomic E-state index is 0.0577. The van der Waals surface area contributed by atoms with Crippen molar-refractivity contribution in [2.24, 2.45) is 5.41 Å². The van der Waals surface area contributed by atoms with Crippen LogP contribution in [0.15, 0.2) is 12.1 Å². The van der Waals surface area contributed by atoms with Crippen LogP contribution in [0.5, 0.6) is 0 Å². The lowest BCUT2D eigenvalue weighted by Crippen LogP contribution is -2.39. The van der Waals surface area contributed by atoms with Crippen LogP contribution in [-0.4, -0.2) is 29.1 Å². The molecule has 0 bridgehead atoms. The first-order valence-electron chi connectivity index (χ1n) is 5.76. The van der Waals surface area contributed by atoms with Crippen molar-refractivity contribution in [3.8, 4) is 0 Å². The first-order valence-corrected chi connectivity index (χ1v) is 6.14. The maximum Gasteiger partial charge on any atom is 0.335 e. The Morgan fingerprint density at radius 1 is 1.44 bits per heavy atom. The monoisotopic (exact) mass is 270 g/mol. The smallest absolute Gasteiger partial charge is 0.335 e. The number of carbonyl (C=O) groups is 1. The van der Waals surface area contributed by atoms with Crippen LogP contribution in [-0.2, 0) is 0 Å². The Hall–Kier alpha value is -1.29. The second-order valence-electron chi connectivity index (χ2n) is 5.49. The Bertz CT molecular complexity index is 455. The molecule has 0 spiro atoms. The summed E-state index contributed by atoms with van der Waals surface area (Å²) < 4.78 is 0. The zero-order chi connectivity index (χ0) is 14.1. The number of aromatic carboxylic acids is 1. The minimum Gasteiger partial charge on any atom is -0.478 e. The SMILES string of the molecule is CC(N(C)c1cc(C(=O)O)cc(Cl)n1)C(C)(C)C. The van der Waals surface area contributed by atoms with E-state index in [1.807, 2.05) is 11.9 Å². The van der Waals surface area contributed by atoms with E-state index in [2.05, 4.69) is 32.7 Å². The van der Waals surface area contributed by atoms with Gasteiger partial charge in [-0.05, 0) is 24.5 Å². The molecule has 18 heavy (non-hydrogen) atoms. The molecule has 1 N–H and O–H groups in total. The minimum atomic E-state index is -1.00. The van der Waals surface area contributed by atoms with E-state index in [-0.39, 0.29) is 22.2 Å². The number of carboxylic acid groups (broad SMARTS) is 1. The highest BCUT2D eigenvalue weighted by Gasteiger charge is 2.25. The van der Waals surface area contributed by atoms with E-state index in [9.17, 15) is 4.79 Å². The molecule has 0 aromatic carbocycles. The third kappa shape index (κ3) is 3.35. The third-order valence-electron chi connectivity index (χ3n) is 3.22. The van der Waals surface area contributed by atoms with Crippen molar-refractivity contribution in [2.45, 2.75) is 33.7 Å². The molecule has 1 atom stereocenters. The van der Waals surface area contributed by atoms with Crippen molar-refractivity contribution >= 4 is 23.4 Å². The molecule has 0 amide bonds. The van der Waals surface area contributed by atoms with Gasteiger partial charge in [-0.15, -0.1) is 0 Å². The zero-order valence-corrected chi connectivity index (χ0v) is 12.1. The van der Waals surface area contributed by atoms with Crippen LogP contribution in [0.2, 0.25) is 5.15 Å². The van der Waals surface area contributed by atoms with E-state index in [1.54, 1.807) is 0 Å². The molecule has 0 saturated carbocycles. The summed E-state index contributed by atoms with van der Waals surface area (Å²) in [5, 5.41) is 9.20. The molecule has 0 saturated heterocycles. The fourth-order valence-corrected chi connectivity index (χ4v) is 1.77. The molecule has 1 aromatic rings. The maximum atomic E-state index is 11.0. The average molecular weight is 271 g/mol. The molecule has 0 aliphatic carbocycles. The second-order valence-corrected chi connectivity index (χ2v) is 5.88. The van der Waals surface area contributed by atoms with Crippen molar-refractivity contribution in [1.82, 2.24) is 4.98 Å². The van der Waals surface area contributed by atoms with Crippen LogP contribution in [0, 0.1) is 5.41 Å². The maximum absolute atomic E-state index is 11.0. The van der Waals surface area contributed by atoms with Crippen molar-refractivity contribution < 1.29 is 9.90 Å². The number of anilines is 1. The highest BCUT2D eigenvalue weighted by molar-refractivity contribution is 6.29. The van der Waals surface area contributed by atoms with Crippen molar-refractivity contribution in [1.29, 1.82) is 0 Å². The van der Waals surface area contributed by atoms with Gasteiger partial charge in [-0.1, -0.05) is 32.4 Å². The summed E-state index contributed by atoms with van der Waals surface area (Å²) in [6, 6.07) is 3.09. The first-order chi connectivity index (χ1) is 8.12. The Labute approximate surface area is 113 Å². The van der Waals surface area contributed by atoms with Crippen LogP contribution in [0.25, 0.3) is 0 Å². The summed E-state index contributed by atoms with van der Waals surface area (Å²) in [6.45, 7) is 8.44. The second kappa shape index (κ2) is 5.14. The van der Waals surface area contributed by atoms with Crippen molar-refractivity contribution in [3.63, 3.8) is 0 Å². The van der Waals surface area contributed by atoms with E-state index in [0.29, 0.717) is 5.82 Å². The van der Waals surface area contributed by atoms with Gasteiger partial charge in [0.1, 0.15) is 11.0 Å². The van der Waals surface area contributed by atoms with E-state index in [0.717, 1.165) is 0 Å². The number of pyridine rings is 1. The van der Waals surface area contributed by atoms with Crippen molar-refractivity contribution in [3.05, 3.63) is 22.8 Å². The van der Waals surface area contributed by atoms with Crippen LogP contribution in [0.4, 0.5) is 5.82 Å². The lowest BCUT2D eigenvalue weighted by Gasteiger charge is -2.36. The molecular formula is C13H19ClN2O2. The van der Waals surface area contributed by atoms with Crippen LogP contribution < -0.4 is 4.90 Å². The normalized spacial score (nSPS) is 13.2. The Morgan fingerprint density at radius 3 is 2.44 bits per heavy atom. The van der Waals surface area contributed by atoms with Gasteiger partial charge >= 0.3 is 5.97 Å². The van der Waals surface area contributed by atoms with E-state index in [4.69, 9.17) is 16.7 Å². The molecular weight excluding hydrogens is 252 g/mol. The number of hydrogen-bond acceptors (Lipinski definition) is 3. The first kappa shape index (κ1) is 14.8. The molecule has 5 heteroatoms. The Balaban J connectivity index is 3.13. The molecule has 1 aromatic heterocycles. The largest absolute Gasteiger partial charge is 0.478 e. The lowest BCUT2D eigenvalue weighted by molar-refractivity contribution is 0.0697. The summed E-state index contributed by atoms with van der Waals surface area (Å²) in [6.07, 6.45) is 0. The molecule has 1 heterocycles. The van der Waals surface area contributed by atoms with E-state index in [1.165, 1.54) is 12.1 Å². The number of aromatic nitrogens is 1. The number of nitrogens with zero attached hydrogens (tertiary/aromatic N) is 2. The van der Waals surface area contributed by atoms with Gasteiger partial charge in [-0.3, -0.25) is 0 Å². The summed E-state index contributed by atoms with van der Waals surface area (Å²) in [7, 11) is 1.89. The third-order valence-corrected chi connectivity index (χ3v) is 3.42. The fourth-order valence-electron chi connectivity index (χ4n) is 1.57. The Morgan fingerprint density at radius 2 is 2.00 bits per heavy atom. The molecule has 0 fully saturated rings. The fraction of sp³-hybridized carbons (Fsp3) is 0.538. The van der Waals surface area contributed by atoms with Gasteiger partial charge in [0.05, 0.1) is 5.56 Å². The quantitative estimate of drug-likeness (QED) is 0.856. The van der Waals surface area contributed by atoms with Gasteiger partial charge in [-0.25, -0.2) is 9.78 Å².